The van der Waals surface area contributed by atoms with Crippen LogP contribution in [-0.2, 0) is 11.3 Å². The Labute approximate surface area is 190 Å². The fraction of sp³-hybridized carbons (Fsp3) is 0.519. The summed E-state index contributed by atoms with van der Waals surface area (Å²) in [5.74, 6) is 0.574. The van der Waals surface area contributed by atoms with E-state index in [1.54, 1.807) is 0 Å². The van der Waals surface area contributed by atoms with Crippen LogP contribution in [0.3, 0.4) is 0 Å². The molecule has 1 amide bonds. The predicted octanol–water partition coefficient (Wildman–Crippen LogP) is 4.93. The molecule has 0 radical (unpaired) electrons. The largest absolute Gasteiger partial charge is 0.445 e. The van der Waals surface area contributed by atoms with E-state index < -0.39 is 0 Å². The third-order valence-corrected chi connectivity index (χ3v) is 8.18. The lowest BCUT2D eigenvalue weighted by Gasteiger charge is -2.43. The second-order valence-electron chi connectivity index (χ2n) is 9.89. The van der Waals surface area contributed by atoms with E-state index in [2.05, 4.69) is 28.0 Å². The van der Waals surface area contributed by atoms with Gasteiger partial charge in [0.15, 0.2) is 0 Å². The first kappa shape index (κ1) is 20.1. The molecule has 2 aromatic carbocycles. The summed E-state index contributed by atoms with van der Waals surface area (Å²) in [6, 6.07) is 17.9. The third-order valence-electron chi connectivity index (χ3n) is 8.18. The van der Waals surface area contributed by atoms with Crippen molar-refractivity contribution < 1.29 is 9.53 Å². The van der Waals surface area contributed by atoms with Gasteiger partial charge in [0.25, 0.3) is 0 Å². The van der Waals surface area contributed by atoms with Gasteiger partial charge < -0.3 is 14.5 Å². The molecule has 5 nitrogen and oxygen atoms in total. The first-order valence-electron chi connectivity index (χ1n) is 12.4. The quantitative estimate of drug-likeness (QED) is 0.688. The lowest BCUT2D eigenvalue weighted by Crippen LogP contribution is -2.52. The molecule has 2 atom stereocenters. The maximum absolute atomic E-state index is 12.9. The monoisotopic (exact) mass is 431 g/mol. The maximum atomic E-state index is 12.9. The molecule has 2 aromatic rings. The number of rotatable bonds is 4. The number of benzene rings is 2. The van der Waals surface area contributed by atoms with Gasteiger partial charge in [-0.15, -0.1) is 0 Å². The van der Waals surface area contributed by atoms with Gasteiger partial charge in [-0.1, -0.05) is 42.8 Å². The molecule has 2 aliphatic heterocycles. The molecular formula is C27H33N3O2. The molecule has 5 heteroatoms. The summed E-state index contributed by atoms with van der Waals surface area (Å²) >= 11 is 0. The van der Waals surface area contributed by atoms with Crippen LogP contribution in [-0.4, -0.2) is 54.7 Å². The Morgan fingerprint density at radius 3 is 2.47 bits per heavy atom. The van der Waals surface area contributed by atoms with Crippen molar-refractivity contribution >= 4 is 11.8 Å². The minimum absolute atomic E-state index is 0.163. The van der Waals surface area contributed by atoms with E-state index in [4.69, 9.17) is 4.74 Å². The molecule has 2 bridgehead atoms. The Kier molecular flexibility index (Phi) is 5.30. The number of fused-ring (bicyclic) bond motifs is 5. The third kappa shape index (κ3) is 3.66. The maximum Gasteiger partial charge on any atom is 0.410 e. The molecule has 6 rings (SSSR count). The van der Waals surface area contributed by atoms with Crippen LogP contribution >= 0.6 is 0 Å². The lowest BCUT2D eigenvalue weighted by molar-refractivity contribution is 0.0694. The van der Waals surface area contributed by atoms with Gasteiger partial charge in [-0.25, -0.2) is 4.79 Å². The Morgan fingerprint density at radius 1 is 0.906 bits per heavy atom. The van der Waals surface area contributed by atoms with Crippen molar-refractivity contribution in [2.24, 2.45) is 0 Å². The predicted molar refractivity (Wildman–Crippen MR) is 126 cm³/mol. The molecule has 2 aliphatic carbocycles. The highest BCUT2D eigenvalue weighted by Gasteiger charge is 2.41. The molecule has 0 N–H and O–H groups in total. The van der Waals surface area contributed by atoms with Crippen LogP contribution in [0, 0.1) is 0 Å². The smallest absolute Gasteiger partial charge is 0.410 e. The highest BCUT2D eigenvalue weighted by atomic mass is 16.6. The van der Waals surface area contributed by atoms with E-state index >= 15 is 0 Å². The lowest BCUT2D eigenvalue weighted by atomic mass is 9.91. The zero-order valence-electron chi connectivity index (χ0n) is 18.8. The Bertz CT molecular complexity index is 966. The van der Waals surface area contributed by atoms with Crippen LogP contribution in [0.4, 0.5) is 10.5 Å². The van der Waals surface area contributed by atoms with E-state index in [1.165, 1.54) is 49.2 Å². The number of nitrogens with zero attached hydrogens (tertiary/aromatic N) is 3. The molecular weight excluding hydrogens is 398 g/mol. The van der Waals surface area contributed by atoms with E-state index in [-0.39, 0.29) is 12.1 Å². The number of hydrogen-bond acceptors (Lipinski definition) is 4. The summed E-state index contributed by atoms with van der Waals surface area (Å²) in [6.45, 7) is 5.75. The number of piperazine rings is 1. The zero-order valence-corrected chi connectivity index (χ0v) is 18.8. The van der Waals surface area contributed by atoms with Crippen LogP contribution in [0.5, 0.6) is 0 Å². The number of ether oxygens (including phenoxy) is 1. The van der Waals surface area contributed by atoms with Gasteiger partial charge in [-0.2, -0.15) is 0 Å². The SMILES string of the molecule is O=C(OCc1ccccc1)N1CC[C@@H]2C[C@@H]1c1ccc(N3CCN(C4CCC4)CC3)cc12. The van der Waals surface area contributed by atoms with Gasteiger partial charge in [-0.3, -0.25) is 4.90 Å². The topological polar surface area (TPSA) is 36.0 Å². The number of anilines is 1. The Balaban J connectivity index is 1.12. The number of likely N-dealkylation sites (tertiary alicyclic amines) is 1. The fourth-order valence-electron chi connectivity index (χ4n) is 6.08. The number of carbonyl (C=O) groups excluding carboxylic acids is 1. The van der Waals surface area contributed by atoms with Crippen molar-refractivity contribution in [2.75, 3.05) is 37.6 Å². The number of hydrogen-bond donors (Lipinski definition) is 0. The summed E-state index contributed by atoms with van der Waals surface area (Å²) in [6.07, 6.45) is 6.09. The summed E-state index contributed by atoms with van der Waals surface area (Å²) in [4.78, 5) is 20.1. The second-order valence-corrected chi connectivity index (χ2v) is 9.89. The zero-order chi connectivity index (χ0) is 21.5. The highest BCUT2D eigenvalue weighted by Crippen LogP contribution is 2.50. The number of carbonyl (C=O) groups is 1. The highest BCUT2D eigenvalue weighted by molar-refractivity contribution is 5.70. The normalized spacial score (nSPS) is 25.4. The van der Waals surface area contributed by atoms with Gasteiger partial charge in [0.05, 0.1) is 6.04 Å². The number of piperidine rings is 1. The van der Waals surface area contributed by atoms with Gasteiger partial charge in [0.1, 0.15) is 6.61 Å². The van der Waals surface area contributed by atoms with E-state index in [1.807, 2.05) is 35.2 Å². The molecule has 4 aliphatic rings. The average Bonchev–Trinajstić information content (AvgIpc) is 3.09. The molecule has 0 unspecified atom stereocenters. The molecule has 3 fully saturated rings. The minimum Gasteiger partial charge on any atom is -0.445 e. The Morgan fingerprint density at radius 2 is 1.72 bits per heavy atom. The first-order chi connectivity index (χ1) is 15.8. The molecule has 0 spiro atoms. The Hall–Kier alpha value is -2.53. The van der Waals surface area contributed by atoms with E-state index in [0.29, 0.717) is 12.5 Å². The molecule has 0 aromatic heterocycles. The van der Waals surface area contributed by atoms with Gasteiger partial charge in [-0.05, 0) is 60.4 Å². The van der Waals surface area contributed by atoms with Crippen molar-refractivity contribution in [3.63, 3.8) is 0 Å². The van der Waals surface area contributed by atoms with Gasteiger partial charge in [0, 0.05) is 44.5 Å². The molecule has 32 heavy (non-hydrogen) atoms. The summed E-state index contributed by atoms with van der Waals surface area (Å²) < 4.78 is 5.67. The summed E-state index contributed by atoms with van der Waals surface area (Å²) in [7, 11) is 0. The second kappa shape index (κ2) is 8.43. The molecule has 1 saturated carbocycles. The van der Waals surface area contributed by atoms with Crippen LogP contribution in [0.15, 0.2) is 48.5 Å². The van der Waals surface area contributed by atoms with E-state index in [0.717, 1.165) is 44.1 Å². The molecule has 168 valence electrons. The van der Waals surface area contributed by atoms with Crippen LogP contribution < -0.4 is 4.90 Å². The summed E-state index contributed by atoms with van der Waals surface area (Å²) in [5.41, 5.74) is 5.20. The molecule has 2 saturated heterocycles. The minimum atomic E-state index is -0.179. The van der Waals surface area contributed by atoms with Crippen LogP contribution in [0.2, 0.25) is 0 Å². The van der Waals surface area contributed by atoms with Gasteiger partial charge in [0.2, 0.25) is 0 Å². The van der Waals surface area contributed by atoms with Crippen molar-refractivity contribution in [2.45, 2.75) is 56.7 Å². The standard InChI is InChI=1S/C27H33N3O2/c31-27(32-19-20-5-2-1-3-6-20)30-12-11-21-17-26(30)24-10-9-23(18-25(21)24)29-15-13-28(14-16-29)22-7-4-8-22/h1-3,5-6,9-10,18,21-22,26H,4,7-8,11-17,19H2/t21-,26-/m1/s1. The van der Waals surface area contributed by atoms with Crippen LogP contribution in [0.1, 0.15) is 60.8 Å². The first-order valence-corrected chi connectivity index (χ1v) is 12.4. The fourth-order valence-corrected chi connectivity index (χ4v) is 6.08. The van der Waals surface area contributed by atoms with Crippen LogP contribution in [0.25, 0.3) is 0 Å². The summed E-state index contributed by atoms with van der Waals surface area (Å²) in [5, 5.41) is 0. The van der Waals surface area contributed by atoms with Crippen molar-refractivity contribution in [1.82, 2.24) is 9.80 Å². The molecule has 2 heterocycles. The number of amides is 1. The van der Waals surface area contributed by atoms with E-state index in [9.17, 15) is 4.79 Å². The average molecular weight is 432 g/mol. The van der Waals surface area contributed by atoms with Crippen molar-refractivity contribution in [3.8, 4) is 0 Å². The van der Waals surface area contributed by atoms with Crippen molar-refractivity contribution in [3.05, 3.63) is 65.2 Å². The van der Waals surface area contributed by atoms with Crippen molar-refractivity contribution in [1.29, 1.82) is 0 Å². The van der Waals surface area contributed by atoms with Gasteiger partial charge >= 0.3 is 6.09 Å².